The summed E-state index contributed by atoms with van der Waals surface area (Å²) < 4.78 is 6.14. The van der Waals surface area contributed by atoms with E-state index in [1.54, 1.807) is 0 Å². The lowest BCUT2D eigenvalue weighted by Crippen LogP contribution is -2.43. The van der Waals surface area contributed by atoms with Crippen LogP contribution >= 0.6 is 11.6 Å². The molecule has 0 saturated carbocycles. The Morgan fingerprint density at radius 2 is 2.30 bits per heavy atom. The summed E-state index contributed by atoms with van der Waals surface area (Å²) in [4.78, 5) is 4.76. The molecule has 108 valence electrons. The second-order valence-corrected chi connectivity index (χ2v) is 6.34. The number of nitrogens with zero attached hydrogens (tertiary/aromatic N) is 1. The maximum Gasteiger partial charge on any atom is 0.203 e. The van der Waals surface area contributed by atoms with E-state index >= 15 is 0 Å². The van der Waals surface area contributed by atoms with Crippen LogP contribution in [0, 0.1) is 6.92 Å². The molecule has 3 rings (SSSR count). The van der Waals surface area contributed by atoms with Crippen molar-refractivity contribution in [1.82, 2.24) is 10.3 Å². The highest BCUT2D eigenvalue weighted by atomic mass is 35.5. The number of hydrogen-bond acceptors (Lipinski definition) is 3. The van der Waals surface area contributed by atoms with E-state index in [9.17, 15) is 0 Å². The van der Waals surface area contributed by atoms with Crippen molar-refractivity contribution < 1.29 is 4.42 Å². The molecule has 1 N–H and O–H groups in total. The maximum absolute atomic E-state index is 6.14. The van der Waals surface area contributed by atoms with Crippen molar-refractivity contribution in [2.24, 2.45) is 0 Å². The van der Waals surface area contributed by atoms with E-state index < -0.39 is 0 Å². The number of hydrogen-bond donors (Lipinski definition) is 1. The van der Waals surface area contributed by atoms with Crippen LogP contribution in [0.2, 0.25) is 5.02 Å². The molecule has 4 heteroatoms. The highest BCUT2D eigenvalue weighted by molar-refractivity contribution is 6.31. The van der Waals surface area contributed by atoms with Crippen LogP contribution < -0.4 is 5.32 Å². The summed E-state index contributed by atoms with van der Waals surface area (Å²) in [7, 11) is 0. The first-order valence-corrected chi connectivity index (χ1v) is 7.80. The Morgan fingerprint density at radius 1 is 1.45 bits per heavy atom. The molecule has 0 radical (unpaired) electrons. The van der Waals surface area contributed by atoms with Gasteiger partial charge in [0.2, 0.25) is 5.89 Å². The van der Waals surface area contributed by atoms with Gasteiger partial charge in [-0.15, -0.1) is 0 Å². The number of aryl methyl sites for hydroxylation is 1. The molecule has 1 aromatic carbocycles. The summed E-state index contributed by atoms with van der Waals surface area (Å²) in [6.07, 6.45) is 4.58. The average molecular weight is 293 g/mol. The van der Waals surface area contributed by atoms with Gasteiger partial charge in [-0.25, -0.2) is 4.98 Å². The molecular weight excluding hydrogens is 272 g/mol. The number of nitrogens with one attached hydrogen (secondary N) is 1. The third kappa shape index (κ3) is 2.33. The standard InChI is InChI=1S/C16H21ClN2O/c1-3-5-16(6-4-7-18-10-16)15-19-13-9-12(17)8-11(2)14(13)20-15/h8-9,18H,3-7,10H2,1-2H3. The van der Waals surface area contributed by atoms with E-state index in [1.165, 1.54) is 6.42 Å². The van der Waals surface area contributed by atoms with Crippen molar-refractivity contribution in [3.63, 3.8) is 0 Å². The van der Waals surface area contributed by atoms with Crippen molar-refractivity contribution in [3.05, 3.63) is 28.6 Å². The quantitative estimate of drug-likeness (QED) is 0.921. The minimum atomic E-state index is 0.0466. The molecular formula is C16H21ClN2O. The summed E-state index contributed by atoms with van der Waals surface area (Å²) in [6, 6.07) is 3.83. The summed E-state index contributed by atoms with van der Waals surface area (Å²) in [5, 5.41) is 4.23. The van der Waals surface area contributed by atoms with Gasteiger partial charge >= 0.3 is 0 Å². The van der Waals surface area contributed by atoms with Crippen LogP contribution in [0.3, 0.4) is 0 Å². The maximum atomic E-state index is 6.14. The largest absolute Gasteiger partial charge is 0.440 e. The summed E-state index contributed by atoms with van der Waals surface area (Å²) >= 11 is 6.12. The third-order valence-electron chi connectivity index (χ3n) is 4.30. The van der Waals surface area contributed by atoms with Crippen LogP contribution in [-0.4, -0.2) is 18.1 Å². The van der Waals surface area contributed by atoms with Crippen LogP contribution in [0.4, 0.5) is 0 Å². The molecule has 3 nitrogen and oxygen atoms in total. The number of benzene rings is 1. The average Bonchev–Trinajstić information content (AvgIpc) is 2.85. The normalized spacial score (nSPS) is 23.4. The van der Waals surface area contributed by atoms with Crippen LogP contribution in [-0.2, 0) is 5.41 Å². The van der Waals surface area contributed by atoms with Crippen LogP contribution in [0.5, 0.6) is 0 Å². The Kier molecular flexibility index (Phi) is 3.74. The van der Waals surface area contributed by atoms with Gasteiger partial charge in [-0.3, -0.25) is 0 Å². The Bertz CT molecular complexity index is 609. The first kappa shape index (κ1) is 13.9. The molecule has 1 aliphatic rings. The van der Waals surface area contributed by atoms with Gasteiger partial charge in [-0.05, 0) is 50.4 Å². The van der Waals surface area contributed by atoms with Gasteiger partial charge in [0.15, 0.2) is 5.58 Å². The lowest BCUT2D eigenvalue weighted by Gasteiger charge is -2.34. The van der Waals surface area contributed by atoms with Crippen LogP contribution in [0.1, 0.15) is 44.1 Å². The van der Waals surface area contributed by atoms with Crippen molar-refractivity contribution >= 4 is 22.7 Å². The molecule has 1 aromatic heterocycles. The van der Waals surface area contributed by atoms with Crippen molar-refractivity contribution in [1.29, 1.82) is 0 Å². The predicted octanol–water partition coefficient (Wildman–Crippen LogP) is 4.21. The molecule has 1 aliphatic heterocycles. The van der Waals surface area contributed by atoms with E-state index in [-0.39, 0.29) is 5.41 Å². The Labute approximate surface area is 124 Å². The summed E-state index contributed by atoms with van der Waals surface area (Å²) in [5.41, 5.74) is 2.86. The van der Waals surface area contributed by atoms with Gasteiger partial charge in [0.25, 0.3) is 0 Å². The number of oxazole rings is 1. The Morgan fingerprint density at radius 3 is 3.00 bits per heavy atom. The zero-order chi connectivity index (χ0) is 14.2. The molecule has 20 heavy (non-hydrogen) atoms. The van der Waals surface area contributed by atoms with E-state index in [0.717, 1.165) is 59.9 Å². The fraction of sp³-hybridized carbons (Fsp3) is 0.562. The predicted molar refractivity (Wildman–Crippen MR) is 82.4 cm³/mol. The second-order valence-electron chi connectivity index (χ2n) is 5.90. The zero-order valence-corrected chi connectivity index (χ0v) is 12.9. The van der Waals surface area contributed by atoms with Crippen molar-refractivity contribution in [3.8, 4) is 0 Å². The SMILES string of the molecule is CCCC1(c2nc3cc(Cl)cc(C)c3o2)CCCNC1. The van der Waals surface area contributed by atoms with E-state index in [1.807, 2.05) is 19.1 Å². The smallest absolute Gasteiger partial charge is 0.203 e. The summed E-state index contributed by atoms with van der Waals surface area (Å²) in [6.45, 7) is 6.30. The fourth-order valence-electron chi connectivity index (χ4n) is 3.33. The number of fused-ring (bicyclic) bond motifs is 1. The first-order chi connectivity index (χ1) is 9.64. The molecule has 0 amide bonds. The lowest BCUT2D eigenvalue weighted by atomic mass is 9.77. The number of aromatic nitrogens is 1. The number of halogens is 1. The molecule has 1 saturated heterocycles. The Balaban J connectivity index is 2.09. The molecule has 0 aliphatic carbocycles. The number of piperidine rings is 1. The highest BCUT2D eigenvalue weighted by Gasteiger charge is 2.37. The minimum absolute atomic E-state index is 0.0466. The van der Waals surface area contributed by atoms with Gasteiger partial charge in [-0.1, -0.05) is 24.9 Å². The van der Waals surface area contributed by atoms with Gasteiger partial charge in [-0.2, -0.15) is 0 Å². The molecule has 1 unspecified atom stereocenters. The van der Waals surface area contributed by atoms with E-state index in [0.29, 0.717) is 0 Å². The fourth-order valence-corrected chi connectivity index (χ4v) is 3.60. The molecule has 0 bridgehead atoms. The zero-order valence-electron chi connectivity index (χ0n) is 12.1. The van der Waals surface area contributed by atoms with Crippen LogP contribution in [0.25, 0.3) is 11.1 Å². The van der Waals surface area contributed by atoms with Gasteiger partial charge in [0.1, 0.15) is 5.52 Å². The monoisotopic (exact) mass is 292 g/mol. The highest BCUT2D eigenvalue weighted by Crippen LogP contribution is 2.37. The molecule has 2 heterocycles. The summed E-state index contributed by atoms with van der Waals surface area (Å²) in [5.74, 6) is 0.881. The van der Waals surface area contributed by atoms with Gasteiger partial charge in [0.05, 0.1) is 5.41 Å². The molecule has 0 spiro atoms. The lowest BCUT2D eigenvalue weighted by molar-refractivity contribution is 0.239. The molecule has 2 aromatic rings. The van der Waals surface area contributed by atoms with E-state index in [4.69, 9.17) is 21.0 Å². The Hall–Kier alpha value is -1.06. The molecule has 1 atom stereocenters. The van der Waals surface area contributed by atoms with E-state index in [2.05, 4.69) is 12.2 Å². The van der Waals surface area contributed by atoms with Crippen molar-refractivity contribution in [2.75, 3.05) is 13.1 Å². The first-order valence-electron chi connectivity index (χ1n) is 7.42. The molecule has 1 fully saturated rings. The third-order valence-corrected chi connectivity index (χ3v) is 4.51. The van der Waals surface area contributed by atoms with Gasteiger partial charge in [0, 0.05) is 11.6 Å². The van der Waals surface area contributed by atoms with Crippen molar-refractivity contribution in [2.45, 2.75) is 44.9 Å². The number of rotatable bonds is 3. The second kappa shape index (κ2) is 5.38. The topological polar surface area (TPSA) is 38.1 Å². The minimum Gasteiger partial charge on any atom is -0.440 e. The van der Waals surface area contributed by atoms with Gasteiger partial charge < -0.3 is 9.73 Å². The van der Waals surface area contributed by atoms with Crippen LogP contribution in [0.15, 0.2) is 16.5 Å².